The van der Waals surface area contributed by atoms with Crippen LogP contribution in [0, 0.1) is 0 Å². The maximum absolute atomic E-state index is 10.5. The first-order valence-electron chi connectivity index (χ1n) is 3.54. The minimum Gasteiger partial charge on any atom is -0.372 e. The van der Waals surface area contributed by atoms with Crippen molar-refractivity contribution in [3.05, 3.63) is 0 Å². The van der Waals surface area contributed by atoms with Gasteiger partial charge in [-0.05, 0) is 6.42 Å². The summed E-state index contributed by atoms with van der Waals surface area (Å²) in [4.78, 5) is 10.5. The summed E-state index contributed by atoms with van der Waals surface area (Å²) >= 11 is 0. The van der Waals surface area contributed by atoms with Crippen molar-refractivity contribution in [2.75, 3.05) is 7.11 Å². The number of carbonyl (C=O) groups excluding carboxylic acids is 1. The molecule has 0 aliphatic carbocycles. The summed E-state index contributed by atoms with van der Waals surface area (Å²) in [6.45, 7) is 2.06. The molecule has 1 atom stereocenters. The number of carbonyl (C=O) groups is 1. The zero-order valence-electron chi connectivity index (χ0n) is 6.59. The van der Waals surface area contributed by atoms with Crippen LogP contribution in [0.4, 0.5) is 0 Å². The first-order valence-corrected chi connectivity index (χ1v) is 3.54. The van der Waals surface area contributed by atoms with E-state index < -0.39 is 0 Å². The van der Waals surface area contributed by atoms with E-state index in [0.717, 1.165) is 19.3 Å². The van der Waals surface area contributed by atoms with E-state index in [1.807, 2.05) is 0 Å². The van der Waals surface area contributed by atoms with E-state index in [1.54, 1.807) is 0 Å². The van der Waals surface area contributed by atoms with Gasteiger partial charge >= 0.3 is 0 Å². The molecule has 2 N–H and O–H groups in total. The Kier molecular flexibility index (Phi) is 4.94. The third kappa shape index (κ3) is 3.45. The highest BCUT2D eigenvalue weighted by molar-refractivity contribution is 5.78. The maximum Gasteiger partial charge on any atom is 0.246 e. The molecule has 0 radical (unpaired) electrons. The van der Waals surface area contributed by atoms with Gasteiger partial charge in [0.05, 0.1) is 0 Å². The number of amides is 1. The molecule has 0 rings (SSSR count). The topological polar surface area (TPSA) is 52.3 Å². The molecule has 0 saturated heterocycles. The van der Waals surface area contributed by atoms with Crippen molar-refractivity contribution < 1.29 is 9.53 Å². The van der Waals surface area contributed by atoms with E-state index in [4.69, 9.17) is 10.5 Å². The van der Waals surface area contributed by atoms with Gasteiger partial charge in [-0.1, -0.05) is 19.8 Å². The van der Waals surface area contributed by atoms with Crippen molar-refractivity contribution in [3.8, 4) is 0 Å². The van der Waals surface area contributed by atoms with Gasteiger partial charge in [-0.15, -0.1) is 0 Å². The molecule has 0 fully saturated rings. The van der Waals surface area contributed by atoms with Gasteiger partial charge in [0.2, 0.25) is 5.91 Å². The Morgan fingerprint density at radius 3 is 2.60 bits per heavy atom. The molecule has 10 heavy (non-hydrogen) atoms. The molecule has 1 unspecified atom stereocenters. The molecular formula is C7H15NO2. The van der Waals surface area contributed by atoms with Crippen molar-refractivity contribution >= 4 is 5.91 Å². The summed E-state index contributed by atoms with van der Waals surface area (Å²) in [5.74, 6) is -0.365. The Morgan fingerprint density at radius 1 is 1.70 bits per heavy atom. The number of primary amides is 1. The van der Waals surface area contributed by atoms with Crippen LogP contribution < -0.4 is 5.73 Å². The van der Waals surface area contributed by atoms with Crippen LogP contribution in [0.15, 0.2) is 0 Å². The molecule has 0 aromatic rings. The second kappa shape index (κ2) is 5.23. The van der Waals surface area contributed by atoms with Crippen LogP contribution >= 0.6 is 0 Å². The first-order chi connectivity index (χ1) is 4.72. The predicted molar refractivity (Wildman–Crippen MR) is 39.5 cm³/mol. The Bertz CT molecular complexity index is 104. The normalized spacial score (nSPS) is 13.0. The second-order valence-corrected chi connectivity index (χ2v) is 2.27. The molecule has 1 amide bonds. The third-order valence-electron chi connectivity index (χ3n) is 1.42. The summed E-state index contributed by atoms with van der Waals surface area (Å²) < 4.78 is 4.84. The predicted octanol–water partition coefficient (Wildman–Crippen LogP) is 0.677. The van der Waals surface area contributed by atoms with Gasteiger partial charge in [0, 0.05) is 7.11 Å². The Balaban J connectivity index is 3.50. The Labute approximate surface area is 61.5 Å². The largest absolute Gasteiger partial charge is 0.372 e. The monoisotopic (exact) mass is 145 g/mol. The average molecular weight is 145 g/mol. The summed E-state index contributed by atoms with van der Waals surface area (Å²) in [6.07, 6.45) is 2.40. The zero-order valence-corrected chi connectivity index (χ0v) is 6.59. The fourth-order valence-electron chi connectivity index (χ4n) is 0.766. The van der Waals surface area contributed by atoms with Crippen LogP contribution in [-0.4, -0.2) is 19.1 Å². The summed E-state index contributed by atoms with van der Waals surface area (Å²) in [7, 11) is 1.51. The lowest BCUT2D eigenvalue weighted by Crippen LogP contribution is -2.29. The van der Waals surface area contributed by atoms with Crippen LogP contribution in [0.5, 0.6) is 0 Å². The lowest BCUT2D eigenvalue weighted by molar-refractivity contribution is -0.128. The van der Waals surface area contributed by atoms with E-state index >= 15 is 0 Å². The molecule has 0 bridgehead atoms. The van der Waals surface area contributed by atoms with E-state index in [2.05, 4.69) is 6.92 Å². The van der Waals surface area contributed by atoms with Gasteiger partial charge in [-0.3, -0.25) is 4.79 Å². The number of methoxy groups -OCH3 is 1. The van der Waals surface area contributed by atoms with Crippen molar-refractivity contribution in [2.24, 2.45) is 5.73 Å². The van der Waals surface area contributed by atoms with E-state index in [9.17, 15) is 4.79 Å². The standard InChI is InChI=1S/C7H15NO2/c1-3-4-5-6(10-2)7(8)9/h6H,3-5H2,1-2H3,(H2,8,9). The molecule has 0 spiro atoms. The Morgan fingerprint density at radius 2 is 2.30 bits per heavy atom. The number of nitrogens with two attached hydrogens (primary N) is 1. The van der Waals surface area contributed by atoms with Crippen LogP contribution in [-0.2, 0) is 9.53 Å². The fraction of sp³-hybridized carbons (Fsp3) is 0.857. The third-order valence-corrected chi connectivity index (χ3v) is 1.42. The van der Waals surface area contributed by atoms with Gasteiger partial charge in [0.25, 0.3) is 0 Å². The first kappa shape index (κ1) is 9.43. The van der Waals surface area contributed by atoms with Gasteiger partial charge < -0.3 is 10.5 Å². The lowest BCUT2D eigenvalue weighted by Gasteiger charge is -2.09. The van der Waals surface area contributed by atoms with Crippen molar-refractivity contribution in [1.82, 2.24) is 0 Å². The molecule has 3 heteroatoms. The molecule has 0 aliphatic heterocycles. The molecule has 60 valence electrons. The molecule has 0 heterocycles. The SMILES string of the molecule is CCCCC(OC)C(N)=O. The summed E-state index contributed by atoms with van der Waals surface area (Å²) in [5.41, 5.74) is 5.02. The van der Waals surface area contributed by atoms with Crippen molar-refractivity contribution in [3.63, 3.8) is 0 Å². The highest BCUT2D eigenvalue weighted by Gasteiger charge is 2.11. The Hall–Kier alpha value is -0.570. The van der Waals surface area contributed by atoms with E-state index in [-0.39, 0.29) is 12.0 Å². The molecule has 0 saturated carbocycles. The molecule has 0 aromatic heterocycles. The van der Waals surface area contributed by atoms with Gasteiger partial charge in [-0.2, -0.15) is 0 Å². The highest BCUT2D eigenvalue weighted by atomic mass is 16.5. The molecule has 0 aliphatic rings. The van der Waals surface area contributed by atoms with Gasteiger partial charge in [0.15, 0.2) is 0 Å². The van der Waals surface area contributed by atoms with Crippen LogP contribution in [0.3, 0.4) is 0 Å². The lowest BCUT2D eigenvalue weighted by atomic mass is 10.1. The maximum atomic E-state index is 10.5. The van der Waals surface area contributed by atoms with Crippen molar-refractivity contribution in [1.29, 1.82) is 0 Å². The highest BCUT2D eigenvalue weighted by Crippen LogP contribution is 2.02. The minimum atomic E-state index is -0.389. The molecule has 3 nitrogen and oxygen atoms in total. The average Bonchev–Trinajstić information content (AvgIpc) is 1.89. The number of ether oxygens (including phenoxy) is 1. The second-order valence-electron chi connectivity index (χ2n) is 2.27. The number of hydrogen-bond acceptors (Lipinski definition) is 2. The fourth-order valence-corrected chi connectivity index (χ4v) is 0.766. The van der Waals surface area contributed by atoms with E-state index in [1.165, 1.54) is 7.11 Å². The summed E-state index contributed by atoms with van der Waals surface area (Å²) in [5, 5.41) is 0. The van der Waals surface area contributed by atoms with Crippen LogP contribution in [0.1, 0.15) is 26.2 Å². The summed E-state index contributed by atoms with van der Waals surface area (Å²) in [6, 6.07) is 0. The molecule has 0 aromatic carbocycles. The smallest absolute Gasteiger partial charge is 0.246 e. The zero-order chi connectivity index (χ0) is 7.98. The van der Waals surface area contributed by atoms with Crippen LogP contribution in [0.2, 0.25) is 0 Å². The van der Waals surface area contributed by atoms with Gasteiger partial charge in [-0.25, -0.2) is 0 Å². The van der Waals surface area contributed by atoms with Crippen LogP contribution in [0.25, 0.3) is 0 Å². The van der Waals surface area contributed by atoms with Gasteiger partial charge in [0.1, 0.15) is 6.10 Å². The number of rotatable bonds is 5. The number of unbranched alkanes of at least 4 members (excludes halogenated alkanes) is 1. The molecular weight excluding hydrogens is 130 g/mol. The minimum absolute atomic E-state index is 0.365. The van der Waals surface area contributed by atoms with Crippen molar-refractivity contribution in [2.45, 2.75) is 32.3 Å². The number of hydrogen-bond donors (Lipinski definition) is 1. The van der Waals surface area contributed by atoms with E-state index in [0.29, 0.717) is 0 Å². The quantitative estimate of drug-likeness (QED) is 0.618.